The Hall–Kier alpha value is -1.24. The average Bonchev–Trinajstić information content (AvgIpc) is 2.52. The van der Waals surface area contributed by atoms with Gasteiger partial charge in [-0.05, 0) is 24.6 Å². The van der Waals surface area contributed by atoms with Gasteiger partial charge < -0.3 is 4.57 Å². The summed E-state index contributed by atoms with van der Waals surface area (Å²) >= 11 is 0. The summed E-state index contributed by atoms with van der Waals surface area (Å²) in [5, 5.41) is 0. The highest BCUT2D eigenvalue weighted by Crippen LogP contribution is 2.12. The minimum absolute atomic E-state index is 1.19. The van der Waals surface area contributed by atoms with Crippen molar-refractivity contribution in [3.05, 3.63) is 36.2 Å². The van der Waals surface area contributed by atoms with Gasteiger partial charge in [0.15, 0.2) is 0 Å². The highest BCUT2D eigenvalue weighted by molar-refractivity contribution is 5.62. The van der Waals surface area contributed by atoms with Crippen LogP contribution in [0.5, 0.6) is 0 Å². The summed E-state index contributed by atoms with van der Waals surface area (Å²) in [6.45, 7) is 9.75. The maximum Gasteiger partial charge on any atom is 0.0474 e. The summed E-state index contributed by atoms with van der Waals surface area (Å²) in [6.07, 6.45) is 8.01. The van der Waals surface area contributed by atoms with Crippen LogP contribution in [0.4, 0.5) is 0 Å². The molecule has 0 unspecified atom stereocenters. The lowest BCUT2D eigenvalue weighted by Gasteiger charge is -1.97. The van der Waals surface area contributed by atoms with E-state index in [0.717, 1.165) is 0 Å². The van der Waals surface area contributed by atoms with Gasteiger partial charge in [0.25, 0.3) is 0 Å². The molecule has 0 amide bonds. The van der Waals surface area contributed by atoms with E-state index in [0.29, 0.717) is 0 Å². The second-order valence-electron chi connectivity index (χ2n) is 2.47. The Labute approximate surface area is 81.4 Å². The summed E-state index contributed by atoms with van der Waals surface area (Å²) in [5.41, 5.74) is 2.40. The fourth-order valence-electron chi connectivity index (χ4n) is 1.11. The molecule has 0 saturated heterocycles. The molecule has 0 fully saturated rings. The van der Waals surface area contributed by atoms with Crippen LogP contribution in [-0.4, -0.2) is 4.57 Å². The molecular weight excluding hydrogens is 158 g/mol. The molecule has 0 radical (unpaired) electrons. The van der Waals surface area contributed by atoms with Crippen molar-refractivity contribution >= 4 is 12.2 Å². The number of allylic oxidation sites excluding steroid dienone is 1. The molecule has 0 bridgehead atoms. The molecule has 0 aliphatic heterocycles. The van der Waals surface area contributed by atoms with Crippen LogP contribution >= 0.6 is 0 Å². The number of hydrogen-bond acceptors (Lipinski definition) is 0. The number of aromatic nitrogens is 1. The first-order chi connectivity index (χ1) is 6.29. The zero-order valence-corrected chi connectivity index (χ0v) is 9.04. The largest absolute Gasteiger partial charge is 0.351 e. The molecule has 0 aromatic carbocycles. The van der Waals surface area contributed by atoms with Gasteiger partial charge in [0.1, 0.15) is 0 Å². The van der Waals surface area contributed by atoms with E-state index in [1.807, 2.05) is 46.2 Å². The van der Waals surface area contributed by atoms with E-state index in [4.69, 9.17) is 0 Å². The van der Waals surface area contributed by atoms with Gasteiger partial charge in [0, 0.05) is 18.9 Å². The molecule has 1 rings (SSSR count). The van der Waals surface area contributed by atoms with Gasteiger partial charge >= 0.3 is 0 Å². The zero-order valence-electron chi connectivity index (χ0n) is 9.04. The van der Waals surface area contributed by atoms with Gasteiger partial charge in [-0.3, -0.25) is 0 Å². The zero-order chi connectivity index (χ0) is 10.3. The van der Waals surface area contributed by atoms with Crippen LogP contribution in [0.15, 0.2) is 24.9 Å². The van der Waals surface area contributed by atoms with Crippen molar-refractivity contribution in [2.45, 2.75) is 20.8 Å². The Morgan fingerprint density at radius 1 is 1.38 bits per heavy atom. The summed E-state index contributed by atoms with van der Waals surface area (Å²) in [7, 11) is 2.03. The second kappa shape index (κ2) is 6.30. The van der Waals surface area contributed by atoms with Crippen molar-refractivity contribution in [1.29, 1.82) is 0 Å². The summed E-state index contributed by atoms with van der Waals surface area (Å²) < 4.78 is 2.08. The molecule has 0 spiro atoms. The first kappa shape index (κ1) is 11.8. The van der Waals surface area contributed by atoms with Crippen LogP contribution in [0.2, 0.25) is 0 Å². The molecule has 1 heterocycles. The van der Waals surface area contributed by atoms with E-state index in [-0.39, 0.29) is 0 Å². The molecule has 0 N–H and O–H groups in total. The van der Waals surface area contributed by atoms with Crippen molar-refractivity contribution in [3.63, 3.8) is 0 Å². The van der Waals surface area contributed by atoms with Gasteiger partial charge in [-0.2, -0.15) is 0 Å². The molecule has 1 aromatic heterocycles. The molecule has 1 aromatic rings. The fraction of sp³-hybridized carbons (Fsp3) is 0.333. The molecule has 0 atom stereocenters. The number of aryl methyl sites for hydroxylation is 1. The third-order valence-corrected chi connectivity index (χ3v) is 1.70. The predicted molar refractivity (Wildman–Crippen MR) is 61.6 cm³/mol. The number of hydrogen-bond donors (Lipinski definition) is 0. The SMILES string of the molecule is C=Cc1ccn(C)c1/C=C\C.CC. The first-order valence-corrected chi connectivity index (χ1v) is 4.70. The quantitative estimate of drug-likeness (QED) is 0.648. The van der Waals surface area contributed by atoms with Crippen molar-refractivity contribution in [1.82, 2.24) is 4.57 Å². The Kier molecular flexibility index (Phi) is 5.69. The predicted octanol–water partition coefficient (Wildman–Crippen LogP) is 3.73. The highest BCUT2D eigenvalue weighted by atomic mass is 14.9. The van der Waals surface area contributed by atoms with Crippen LogP contribution in [0.25, 0.3) is 12.2 Å². The molecule has 72 valence electrons. The maximum absolute atomic E-state index is 3.74. The Morgan fingerprint density at radius 2 is 2.00 bits per heavy atom. The summed E-state index contributed by atoms with van der Waals surface area (Å²) in [4.78, 5) is 0. The Morgan fingerprint density at radius 3 is 2.46 bits per heavy atom. The topological polar surface area (TPSA) is 4.93 Å². The number of nitrogens with zero attached hydrogens (tertiary/aromatic N) is 1. The monoisotopic (exact) mass is 177 g/mol. The molecule has 13 heavy (non-hydrogen) atoms. The lowest BCUT2D eigenvalue weighted by atomic mass is 10.2. The van der Waals surface area contributed by atoms with Crippen molar-refractivity contribution < 1.29 is 0 Å². The first-order valence-electron chi connectivity index (χ1n) is 4.70. The molecule has 1 nitrogen and oxygen atoms in total. The van der Waals surface area contributed by atoms with Gasteiger partial charge in [0.2, 0.25) is 0 Å². The smallest absolute Gasteiger partial charge is 0.0474 e. The van der Waals surface area contributed by atoms with Crippen molar-refractivity contribution in [3.8, 4) is 0 Å². The van der Waals surface area contributed by atoms with E-state index in [1.165, 1.54) is 11.3 Å². The third-order valence-electron chi connectivity index (χ3n) is 1.70. The van der Waals surface area contributed by atoms with E-state index in [2.05, 4.69) is 23.3 Å². The molecule has 0 aliphatic carbocycles. The van der Waals surface area contributed by atoms with Crippen LogP contribution in [0, 0.1) is 0 Å². The van der Waals surface area contributed by atoms with Gasteiger partial charge in [-0.1, -0.05) is 32.6 Å². The summed E-state index contributed by atoms with van der Waals surface area (Å²) in [6, 6.07) is 2.06. The standard InChI is InChI=1S/C10H13N.C2H6/c1-4-6-10-9(5-2)7-8-11(10)3;1-2/h4-8H,2H2,1,3H3;1-2H3/b6-4-;. The number of rotatable bonds is 2. The Bertz CT molecular complexity index is 279. The van der Waals surface area contributed by atoms with E-state index in [1.54, 1.807) is 0 Å². The summed E-state index contributed by atoms with van der Waals surface area (Å²) in [5.74, 6) is 0. The molecule has 1 heteroatoms. The molecular formula is C12H19N. The maximum atomic E-state index is 3.74. The van der Waals surface area contributed by atoms with Crippen LogP contribution in [-0.2, 0) is 7.05 Å². The normalized spacial score (nSPS) is 9.54. The minimum atomic E-state index is 1.19. The lowest BCUT2D eigenvalue weighted by Crippen LogP contribution is -1.88. The van der Waals surface area contributed by atoms with E-state index >= 15 is 0 Å². The molecule has 0 saturated carbocycles. The fourth-order valence-corrected chi connectivity index (χ4v) is 1.11. The van der Waals surface area contributed by atoms with E-state index in [9.17, 15) is 0 Å². The van der Waals surface area contributed by atoms with Crippen LogP contribution in [0.1, 0.15) is 32.0 Å². The van der Waals surface area contributed by atoms with Gasteiger partial charge in [-0.15, -0.1) is 0 Å². The van der Waals surface area contributed by atoms with Crippen LogP contribution in [0.3, 0.4) is 0 Å². The highest BCUT2D eigenvalue weighted by Gasteiger charge is 1.97. The van der Waals surface area contributed by atoms with Gasteiger partial charge in [0.05, 0.1) is 0 Å². The second-order valence-corrected chi connectivity index (χ2v) is 2.47. The third kappa shape index (κ3) is 2.94. The lowest BCUT2D eigenvalue weighted by molar-refractivity contribution is 0.914. The average molecular weight is 177 g/mol. The van der Waals surface area contributed by atoms with Gasteiger partial charge in [-0.25, -0.2) is 0 Å². The van der Waals surface area contributed by atoms with Crippen LogP contribution < -0.4 is 0 Å². The van der Waals surface area contributed by atoms with E-state index < -0.39 is 0 Å². The Balaban J connectivity index is 0.000000671. The molecule has 0 aliphatic rings. The van der Waals surface area contributed by atoms with Crippen molar-refractivity contribution in [2.24, 2.45) is 7.05 Å². The minimum Gasteiger partial charge on any atom is -0.351 e. The van der Waals surface area contributed by atoms with Crippen molar-refractivity contribution in [2.75, 3.05) is 0 Å².